The molecule has 8 heteroatoms. The Morgan fingerprint density at radius 3 is 2.17 bits per heavy atom. The zero-order valence-corrected chi connectivity index (χ0v) is 22.0. The molecule has 0 saturated carbocycles. The highest BCUT2D eigenvalue weighted by Gasteiger charge is 2.57. The maximum atomic E-state index is 13.8. The van der Waals surface area contributed by atoms with Crippen molar-refractivity contribution in [3.8, 4) is 17.2 Å². The Morgan fingerprint density at radius 1 is 0.889 bits per heavy atom. The van der Waals surface area contributed by atoms with E-state index in [2.05, 4.69) is 18.7 Å². The van der Waals surface area contributed by atoms with Gasteiger partial charge in [0, 0.05) is 31.7 Å². The number of hydrogen-bond acceptors (Lipinski definition) is 6. The Hall–Kier alpha value is -3.26. The van der Waals surface area contributed by atoms with Crippen molar-refractivity contribution in [3.05, 3.63) is 53.6 Å². The van der Waals surface area contributed by atoms with Crippen LogP contribution in [0, 0.1) is 5.92 Å². The van der Waals surface area contributed by atoms with Crippen LogP contribution in [0.2, 0.25) is 0 Å². The van der Waals surface area contributed by atoms with E-state index in [1.807, 2.05) is 47.4 Å². The summed E-state index contributed by atoms with van der Waals surface area (Å²) in [5.74, 6) is 2.37. The molecule has 2 aliphatic heterocycles. The van der Waals surface area contributed by atoms with Crippen LogP contribution in [0.25, 0.3) is 0 Å². The number of rotatable bonds is 9. The van der Waals surface area contributed by atoms with E-state index in [1.54, 1.807) is 21.3 Å². The van der Waals surface area contributed by atoms with Crippen molar-refractivity contribution in [1.29, 1.82) is 0 Å². The molecule has 4 rings (SSSR count). The molecule has 8 nitrogen and oxygen atoms in total. The van der Waals surface area contributed by atoms with Gasteiger partial charge in [-0.2, -0.15) is 0 Å². The predicted octanol–water partition coefficient (Wildman–Crippen LogP) is 4.17. The van der Waals surface area contributed by atoms with Crippen molar-refractivity contribution in [2.75, 3.05) is 41.0 Å². The van der Waals surface area contributed by atoms with Gasteiger partial charge in [-0.25, -0.2) is 4.79 Å². The van der Waals surface area contributed by atoms with Crippen LogP contribution in [0.4, 0.5) is 4.79 Å². The van der Waals surface area contributed by atoms with Crippen LogP contribution in [0.3, 0.4) is 0 Å². The summed E-state index contributed by atoms with van der Waals surface area (Å²) in [5, 5.41) is 0. The SMILES string of the molecule is COc1ccc(CN2C(=O)N(CC(C)C)C3(CCN(Cc4cccc(OC)c4OC)CC3)C2=O)cc1. The first-order valence-corrected chi connectivity index (χ1v) is 12.5. The molecule has 2 fully saturated rings. The van der Waals surface area contributed by atoms with Crippen LogP contribution in [0.15, 0.2) is 42.5 Å². The number of carbonyl (C=O) groups excluding carboxylic acids is 2. The molecule has 0 radical (unpaired) electrons. The second-order valence-electron chi connectivity index (χ2n) is 9.99. The second-order valence-corrected chi connectivity index (χ2v) is 9.99. The number of urea groups is 1. The molecular weight excluding hydrogens is 458 g/mol. The van der Waals surface area contributed by atoms with Crippen molar-refractivity contribution in [2.24, 2.45) is 5.92 Å². The first-order chi connectivity index (χ1) is 17.3. The molecule has 36 heavy (non-hydrogen) atoms. The minimum atomic E-state index is -0.789. The summed E-state index contributed by atoms with van der Waals surface area (Å²) in [6, 6.07) is 13.2. The van der Waals surface area contributed by atoms with Crippen LogP contribution in [-0.2, 0) is 17.9 Å². The van der Waals surface area contributed by atoms with E-state index >= 15 is 0 Å². The zero-order valence-electron chi connectivity index (χ0n) is 22.0. The number of ether oxygens (including phenoxy) is 3. The molecule has 0 atom stereocenters. The van der Waals surface area contributed by atoms with Gasteiger partial charge in [-0.15, -0.1) is 0 Å². The number of likely N-dealkylation sites (tertiary alicyclic amines) is 1. The third-order valence-electron chi connectivity index (χ3n) is 7.23. The molecule has 1 spiro atoms. The third-order valence-corrected chi connectivity index (χ3v) is 7.23. The van der Waals surface area contributed by atoms with Crippen LogP contribution in [0.5, 0.6) is 17.2 Å². The Kier molecular flexibility index (Phi) is 7.73. The molecule has 2 aliphatic rings. The van der Waals surface area contributed by atoms with E-state index in [4.69, 9.17) is 14.2 Å². The zero-order chi connectivity index (χ0) is 25.9. The van der Waals surface area contributed by atoms with Crippen molar-refractivity contribution in [2.45, 2.75) is 45.3 Å². The number of carbonyl (C=O) groups is 2. The largest absolute Gasteiger partial charge is 0.497 e. The lowest BCUT2D eigenvalue weighted by atomic mass is 9.85. The number of benzene rings is 2. The fourth-order valence-corrected chi connectivity index (χ4v) is 5.34. The first kappa shape index (κ1) is 25.8. The lowest BCUT2D eigenvalue weighted by Gasteiger charge is -2.42. The van der Waals surface area contributed by atoms with Crippen LogP contribution in [0.1, 0.15) is 37.8 Å². The summed E-state index contributed by atoms with van der Waals surface area (Å²) >= 11 is 0. The fourth-order valence-electron chi connectivity index (χ4n) is 5.34. The molecule has 0 unspecified atom stereocenters. The lowest BCUT2D eigenvalue weighted by Crippen LogP contribution is -2.57. The molecular formula is C28H37N3O5. The van der Waals surface area contributed by atoms with E-state index in [0.717, 1.165) is 22.6 Å². The molecule has 2 aromatic rings. The van der Waals surface area contributed by atoms with Gasteiger partial charge in [-0.3, -0.25) is 14.6 Å². The van der Waals surface area contributed by atoms with Crippen molar-refractivity contribution in [3.63, 3.8) is 0 Å². The topological polar surface area (TPSA) is 71.6 Å². The van der Waals surface area contributed by atoms with Gasteiger partial charge in [0.25, 0.3) is 5.91 Å². The lowest BCUT2D eigenvalue weighted by molar-refractivity contribution is -0.136. The molecule has 2 saturated heterocycles. The normalized spacial score (nSPS) is 17.8. The summed E-state index contributed by atoms with van der Waals surface area (Å²) in [7, 11) is 4.90. The first-order valence-electron chi connectivity index (χ1n) is 12.5. The summed E-state index contributed by atoms with van der Waals surface area (Å²) in [5.41, 5.74) is 1.16. The highest BCUT2D eigenvalue weighted by molar-refractivity contribution is 6.07. The molecule has 3 amide bonds. The average Bonchev–Trinajstić information content (AvgIpc) is 3.06. The highest BCUT2D eigenvalue weighted by Crippen LogP contribution is 2.40. The van der Waals surface area contributed by atoms with Gasteiger partial charge in [0.15, 0.2) is 11.5 Å². The number of nitrogens with zero attached hydrogens (tertiary/aromatic N) is 3. The Labute approximate surface area is 213 Å². The standard InChI is InChI=1S/C28H37N3O5/c1-20(2)17-31-27(33)30(18-21-9-11-23(34-3)12-10-21)26(32)28(31)13-15-29(16-14-28)19-22-7-6-8-24(35-4)25(22)36-5/h6-12,20H,13-19H2,1-5H3. The van der Waals surface area contributed by atoms with Gasteiger partial charge < -0.3 is 19.1 Å². The summed E-state index contributed by atoms with van der Waals surface area (Å²) in [6.07, 6.45) is 1.21. The molecule has 0 bridgehead atoms. The van der Waals surface area contributed by atoms with E-state index in [9.17, 15) is 9.59 Å². The second kappa shape index (κ2) is 10.8. The maximum Gasteiger partial charge on any atom is 0.327 e. The molecule has 0 aromatic heterocycles. The van der Waals surface area contributed by atoms with Crippen molar-refractivity contribution < 1.29 is 23.8 Å². The van der Waals surface area contributed by atoms with E-state index in [-0.39, 0.29) is 24.4 Å². The van der Waals surface area contributed by atoms with Gasteiger partial charge in [0.05, 0.1) is 27.9 Å². The Balaban J connectivity index is 1.52. The number of imide groups is 1. The maximum absolute atomic E-state index is 13.8. The smallest absolute Gasteiger partial charge is 0.327 e. The van der Waals surface area contributed by atoms with Gasteiger partial charge in [0.1, 0.15) is 11.3 Å². The van der Waals surface area contributed by atoms with Crippen LogP contribution in [-0.4, -0.2) is 73.1 Å². The van der Waals surface area contributed by atoms with Gasteiger partial charge >= 0.3 is 6.03 Å². The summed E-state index contributed by atoms with van der Waals surface area (Å²) < 4.78 is 16.3. The minimum Gasteiger partial charge on any atom is -0.497 e. The third kappa shape index (κ3) is 4.87. The van der Waals surface area contributed by atoms with Crippen LogP contribution >= 0.6 is 0 Å². The van der Waals surface area contributed by atoms with E-state index < -0.39 is 5.54 Å². The number of methoxy groups -OCH3 is 3. The molecule has 2 heterocycles. The summed E-state index contributed by atoms with van der Waals surface area (Å²) in [4.78, 5) is 33.0. The number of hydrogen-bond donors (Lipinski definition) is 0. The minimum absolute atomic E-state index is 0.0809. The number of para-hydroxylation sites is 1. The van der Waals surface area contributed by atoms with Gasteiger partial charge in [-0.05, 0) is 42.5 Å². The number of piperidine rings is 1. The number of amides is 3. The highest BCUT2D eigenvalue weighted by atomic mass is 16.5. The Morgan fingerprint density at radius 2 is 1.58 bits per heavy atom. The molecule has 2 aromatic carbocycles. The fraction of sp³-hybridized carbons (Fsp3) is 0.500. The average molecular weight is 496 g/mol. The monoisotopic (exact) mass is 495 g/mol. The van der Waals surface area contributed by atoms with Gasteiger partial charge in [-0.1, -0.05) is 38.1 Å². The Bertz CT molecular complexity index is 1080. The van der Waals surface area contributed by atoms with Crippen LogP contribution < -0.4 is 14.2 Å². The molecule has 0 N–H and O–H groups in total. The van der Waals surface area contributed by atoms with Crippen molar-refractivity contribution >= 4 is 11.9 Å². The predicted molar refractivity (Wildman–Crippen MR) is 137 cm³/mol. The van der Waals surface area contributed by atoms with Gasteiger partial charge in [0.2, 0.25) is 0 Å². The summed E-state index contributed by atoms with van der Waals surface area (Å²) in [6.45, 7) is 7.12. The van der Waals surface area contributed by atoms with E-state index in [0.29, 0.717) is 44.8 Å². The van der Waals surface area contributed by atoms with Crippen molar-refractivity contribution in [1.82, 2.24) is 14.7 Å². The van der Waals surface area contributed by atoms with E-state index in [1.165, 1.54) is 4.90 Å². The quantitative estimate of drug-likeness (QED) is 0.487. The molecule has 194 valence electrons. The molecule has 0 aliphatic carbocycles.